The highest BCUT2D eigenvalue weighted by Gasteiger charge is 2.27. The van der Waals surface area contributed by atoms with Crippen LogP contribution in [-0.4, -0.2) is 76.9 Å². The van der Waals surface area contributed by atoms with Crippen molar-refractivity contribution in [1.29, 1.82) is 0 Å². The van der Waals surface area contributed by atoms with Gasteiger partial charge in [-0.05, 0) is 40.5 Å². The fourth-order valence-electron chi connectivity index (χ4n) is 2.29. The summed E-state index contributed by atoms with van der Waals surface area (Å²) >= 11 is 0. The first-order valence-corrected chi connectivity index (χ1v) is 10.6. The van der Waals surface area contributed by atoms with Crippen molar-refractivity contribution in [3.63, 3.8) is 0 Å². The molecular formula is C20H36N6O7. The lowest BCUT2D eigenvalue weighted by Gasteiger charge is -2.23. The molecule has 0 aliphatic rings. The molecule has 5 amide bonds. The maximum absolute atomic E-state index is 12.3. The van der Waals surface area contributed by atoms with Gasteiger partial charge in [0, 0.05) is 0 Å². The Bertz CT molecular complexity index is 757. The van der Waals surface area contributed by atoms with E-state index < -0.39 is 71.8 Å². The first kappa shape index (κ1) is 29.8. The number of nitrogens with one attached hydrogen (secondary N) is 5. The van der Waals surface area contributed by atoms with Gasteiger partial charge in [0.15, 0.2) is 0 Å². The summed E-state index contributed by atoms with van der Waals surface area (Å²) in [7, 11) is 0. The monoisotopic (exact) mass is 472 g/mol. The zero-order valence-corrected chi connectivity index (χ0v) is 20.0. The number of hydrogen-bond acceptors (Lipinski definition) is 7. The van der Waals surface area contributed by atoms with E-state index in [1.54, 1.807) is 13.8 Å². The summed E-state index contributed by atoms with van der Waals surface area (Å²) < 4.78 is 0. The fraction of sp³-hybridized carbons (Fsp3) is 0.700. The molecule has 13 nitrogen and oxygen atoms in total. The van der Waals surface area contributed by atoms with Crippen LogP contribution in [-0.2, 0) is 28.8 Å². The number of carbonyl (C=O) groups is 6. The Morgan fingerprint density at radius 2 is 0.758 bits per heavy atom. The molecule has 33 heavy (non-hydrogen) atoms. The molecule has 0 aliphatic carbocycles. The zero-order valence-electron chi connectivity index (χ0n) is 20.0. The predicted octanol–water partition coefficient (Wildman–Crippen LogP) is -2.42. The number of aliphatic carboxylic acids is 1. The minimum Gasteiger partial charge on any atom is -0.480 e. The molecule has 0 unspecified atom stereocenters. The Hall–Kier alpha value is -3.22. The molecule has 0 heterocycles. The molecule has 0 bridgehead atoms. The highest BCUT2D eigenvalue weighted by molar-refractivity contribution is 5.95. The Kier molecular flexibility index (Phi) is 12.1. The Morgan fingerprint density at radius 3 is 1.00 bits per heavy atom. The summed E-state index contributed by atoms with van der Waals surface area (Å²) in [5, 5.41) is 20.7. The second kappa shape index (κ2) is 13.4. The van der Waals surface area contributed by atoms with Gasteiger partial charge in [-0.1, -0.05) is 13.8 Å². The normalized spacial score (nSPS) is 16.3. The summed E-state index contributed by atoms with van der Waals surface area (Å²) in [6, 6.07) is -5.97. The van der Waals surface area contributed by atoms with Crippen molar-refractivity contribution in [2.75, 3.05) is 0 Å². The summed E-state index contributed by atoms with van der Waals surface area (Å²) in [5.74, 6) is -4.51. The quantitative estimate of drug-likeness (QED) is 0.162. The average Bonchev–Trinajstić information content (AvgIpc) is 2.71. The van der Waals surface area contributed by atoms with E-state index in [0.717, 1.165) is 0 Å². The average molecular weight is 473 g/mol. The molecular weight excluding hydrogens is 436 g/mol. The molecule has 0 saturated carbocycles. The van der Waals surface area contributed by atoms with Gasteiger partial charge in [-0.3, -0.25) is 28.8 Å². The van der Waals surface area contributed by atoms with Crippen molar-refractivity contribution in [3.8, 4) is 0 Å². The highest BCUT2D eigenvalue weighted by Crippen LogP contribution is 1.99. The predicted molar refractivity (Wildman–Crippen MR) is 118 cm³/mol. The summed E-state index contributed by atoms with van der Waals surface area (Å²) in [6.07, 6.45) is 0. The first-order valence-electron chi connectivity index (χ1n) is 10.6. The molecule has 6 atom stereocenters. The van der Waals surface area contributed by atoms with E-state index in [0.29, 0.717) is 0 Å². The van der Waals surface area contributed by atoms with Crippen molar-refractivity contribution in [3.05, 3.63) is 0 Å². The van der Waals surface area contributed by atoms with E-state index in [1.807, 2.05) is 0 Å². The van der Waals surface area contributed by atoms with Crippen LogP contribution in [0, 0.1) is 5.92 Å². The van der Waals surface area contributed by atoms with Crippen LogP contribution in [0.2, 0.25) is 0 Å². The standard InChI is InChI=1S/C20H36N6O7/c1-8(2)14(21)19(31)25-12(6)17(29)23-10(4)15(27)22-9(3)16(28)24-11(5)18(30)26-13(7)20(32)33/h8-14H,21H2,1-7H3,(H,22,27)(H,23,29)(H,24,28)(H,25,31)(H,26,30)(H,32,33)/t9-,10-,11-,12-,13-,14-/m0/s1. The van der Waals surface area contributed by atoms with E-state index in [9.17, 15) is 28.8 Å². The van der Waals surface area contributed by atoms with Gasteiger partial charge in [0.2, 0.25) is 29.5 Å². The number of amides is 5. The van der Waals surface area contributed by atoms with Gasteiger partial charge in [-0.25, -0.2) is 0 Å². The zero-order chi connectivity index (χ0) is 26.0. The van der Waals surface area contributed by atoms with E-state index in [4.69, 9.17) is 10.8 Å². The number of carbonyl (C=O) groups excluding carboxylic acids is 5. The largest absolute Gasteiger partial charge is 0.480 e. The van der Waals surface area contributed by atoms with Gasteiger partial charge in [0.05, 0.1) is 6.04 Å². The van der Waals surface area contributed by atoms with Crippen LogP contribution in [0.1, 0.15) is 48.5 Å². The van der Waals surface area contributed by atoms with Crippen LogP contribution in [0.3, 0.4) is 0 Å². The van der Waals surface area contributed by atoms with E-state index in [-0.39, 0.29) is 5.92 Å². The number of hydrogen-bond donors (Lipinski definition) is 7. The van der Waals surface area contributed by atoms with Gasteiger partial charge in [0.1, 0.15) is 30.2 Å². The number of rotatable bonds is 12. The molecule has 13 heteroatoms. The van der Waals surface area contributed by atoms with E-state index in [1.165, 1.54) is 34.6 Å². The molecule has 0 aromatic rings. The minimum atomic E-state index is -1.23. The van der Waals surface area contributed by atoms with Gasteiger partial charge in [0.25, 0.3) is 0 Å². The fourth-order valence-corrected chi connectivity index (χ4v) is 2.29. The van der Waals surface area contributed by atoms with Gasteiger partial charge < -0.3 is 37.4 Å². The van der Waals surface area contributed by atoms with Gasteiger partial charge >= 0.3 is 5.97 Å². The van der Waals surface area contributed by atoms with E-state index in [2.05, 4.69) is 26.6 Å². The number of carboxylic acids is 1. The molecule has 0 aliphatic heterocycles. The Balaban J connectivity index is 4.68. The van der Waals surface area contributed by atoms with Crippen LogP contribution >= 0.6 is 0 Å². The maximum Gasteiger partial charge on any atom is 0.325 e. The molecule has 8 N–H and O–H groups in total. The van der Waals surface area contributed by atoms with Gasteiger partial charge in [-0.2, -0.15) is 0 Å². The topological polar surface area (TPSA) is 209 Å². The highest BCUT2D eigenvalue weighted by atomic mass is 16.4. The third kappa shape index (κ3) is 10.3. The molecule has 0 saturated heterocycles. The van der Waals surface area contributed by atoms with Crippen LogP contribution in [0.25, 0.3) is 0 Å². The lowest BCUT2D eigenvalue weighted by Crippen LogP contribution is -2.57. The third-order valence-corrected chi connectivity index (χ3v) is 4.76. The SMILES string of the molecule is CC(C)[C@H](N)C(=O)N[C@@H](C)C(=O)N[C@@H](C)C(=O)N[C@@H](C)C(=O)N[C@@H](C)C(=O)N[C@@H](C)C(=O)O. The second-order valence-electron chi connectivity index (χ2n) is 8.26. The number of nitrogens with two attached hydrogens (primary N) is 1. The molecule has 188 valence electrons. The number of carboxylic acid groups (broad SMARTS) is 1. The maximum atomic E-state index is 12.3. The summed E-state index contributed by atoms with van der Waals surface area (Å²) in [6.45, 7) is 10.4. The Labute approximate surface area is 193 Å². The summed E-state index contributed by atoms with van der Waals surface area (Å²) in [4.78, 5) is 71.5. The molecule has 0 spiro atoms. The minimum absolute atomic E-state index is 0.119. The first-order chi connectivity index (χ1) is 15.1. The van der Waals surface area contributed by atoms with Crippen LogP contribution in [0.5, 0.6) is 0 Å². The van der Waals surface area contributed by atoms with Crippen LogP contribution < -0.4 is 32.3 Å². The van der Waals surface area contributed by atoms with Crippen molar-refractivity contribution < 1.29 is 33.9 Å². The lowest BCUT2D eigenvalue weighted by molar-refractivity contribution is -0.141. The lowest BCUT2D eigenvalue weighted by atomic mass is 10.0. The molecule has 0 aromatic heterocycles. The Morgan fingerprint density at radius 1 is 0.515 bits per heavy atom. The van der Waals surface area contributed by atoms with Crippen molar-refractivity contribution in [1.82, 2.24) is 26.6 Å². The molecule has 0 aromatic carbocycles. The molecule has 0 radical (unpaired) electrons. The van der Waals surface area contributed by atoms with Crippen LogP contribution in [0.4, 0.5) is 0 Å². The third-order valence-electron chi connectivity index (χ3n) is 4.76. The molecule has 0 rings (SSSR count). The van der Waals surface area contributed by atoms with Crippen molar-refractivity contribution in [2.24, 2.45) is 11.7 Å². The van der Waals surface area contributed by atoms with Crippen molar-refractivity contribution in [2.45, 2.75) is 84.7 Å². The van der Waals surface area contributed by atoms with Crippen LogP contribution in [0.15, 0.2) is 0 Å². The molecule has 0 fully saturated rings. The van der Waals surface area contributed by atoms with Crippen molar-refractivity contribution >= 4 is 35.5 Å². The van der Waals surface area contributed by atoms with Gasteiger partial charge in [-0.15, -0.1) is 0 Å². The smallest absolute Gasteiger partial charge is 0.325 e. The second-order valence-corrected chi connectivity index (χ2v) is 8.26. The summed E-state index contributed by atoms with van der Waals surface area (Å²) in [5.41, 5.74) is 5.73. The van der Waals surface area contributed by atoms with E-state index >= 15 is 0 Å².